The van der Waals surface area contributed by atoms with E-state index in [4.69, 9.17) is 0 Å². The van der Waals surface area contributed by atoms with Crippen molar-refractivity contribution in [3.8, 4) is 0 Å². The van der Waals surface area contributed by atoms with E-state index in [0.717, 1.165) is 36.3 Å². The topological polar surface area (TPSA) is 40.5 Å². The van der Waals surface area contributed by atoms with Crippen LogP contribution in [0.15, 0.2) is 30.3 Å². The van der Waals surface area contributed by atoms with Crippen LogP contribution in [0, 0.1) is 5.92 Å². The highest BCUT2D eigenvalue weighted by atomic mass is 16.5. The first-order chi connectivity index (χ1) is 8.69. The predicted molar refractivity (Wildman–Crippen MR) is 72.1 cm³/mol. The third kappa shape index (κ3) is 4.49. The Morgan fingerprint density at radius 3 is 2.50 bits per heavy atom. The van der Waals surface area contributed by atoms with Gasteiger partial charge in [0.1, 0.15) is 0 Å². The predicted octanol–water partition coefficient (Wildman–Crippen LogP) is 3.62. The summed E-state index contributed by atoms with van der Waals surface area (Å²) in [6.45, 7) is 4.37. The lowest BCUT2D eigenvalue weighted by atomic mass is 9.98. The van der Waals surface area contributed by atoms with E-state index in [9.17, 15) is 10.0 Å². The van der Waals surface area contributed by atoms with Gasteiger partial charge in [0.25, 0.3) is 0 Å². The molecule has 1 aromatic carbocycles. The van der Waals surface area contributed by atoms with E-state index in [0.29, 0.717) is 0 Å². The molecule has 0 heterocycles. The van der Waals surface area contributed by atoms with Gasteiger partial charge in [-0.05, 0) is 18.4 Å². The minimum Gasteiger partial charge on any atom is -0.286 e. The molecule has 1 N–H and O–H groups in total. The lowest BCUT2D eigenvalue weighted by Crippen LogP contribution is -2.32. The maximum Gasteiger partial charge on any atom is 0.249 e. The van der Waals surface area contributed by atoms with Gasteiger partial charge in [-0.15, -0.1) is 0 Å². The van der Waals surface area contributed by atoms with Crippen LogP contribution in [0.3, 0.4) is 0 Å². The van der Waals surface area contributed by atoms with Crippen LogP contribution in [-0.4, -0.2) is 16.2 Å². The Morgan fingerprint density at radius 2 is 1.94 bits per heavy atom. The summed E-state index contributed by atoms with van der Waals surface area (Å²) >= 11 is 0. The largest absolute Gasteiger partial charge is 0.286 e. The molecule has 3 heteroatoms. The maximum absolute atomic E-state index is 12.1. The van der Waals surface area contributed by atoms with Crippen LogP contribution in [-0.2, 0) is 11.3 Å². The summed E-state index contributed by atoms with van der Waals surface area (Å²) in [5.74, 6) is -0.214. The average Bonchev–Trinajstić information content (AvgIpc) is 2.40. The first-order valence-electron chi connectivity index (χ1n) is 6.73. The first kappa shape index (κ1) is 14.7. The summed E-state index contributed by atoms with van der Waals surface area (Å²) in [5, 5.41) is 10.7. The summed E-state index contributed by atoms with van der Waals surface area (Å²) < 4.78 is 0. The smallest absolute Gasteiger partial charge is 0.249 e. The van der Waals surface area contributed by atoms with Crippen LogP contribution in [0.4, 0.5) is 0 Å². The van der Waals surface area contributed by atoms with E-state index in [-0.39, 0.29) is 18.4 Å². The third-order valence-electron chi connectivity index (χ3n) is 3.18. The van der Waals surface area contributed by atoms with Crippen LogP contribution in [0.25, 0.3) is 0 Å². The highest BCUT2D eigenvalue weighted by molar-refractivity contribution is 5.77. The zero-order chi connectivity index (χ0) is 13.4. The van der Waals surface area contributed by atoms with Gasteiger partial charge in [0.2, 0.25) is 5.91 Å². The van der Waals surface area contributed by atoms with Gasteiger partial charge < -0.3 is 0 Å². The summed E-state index contributed by atoms with van der Waals surface area (Å²) in [6.07, 6.45) is 3.75. The van der Waals surface area contributed by atoms with Crippen LogP contribution >= 0.6 is 0 Å². The SMILES string of the molecule is CCCCC(CC)C(=O)N(O)Cc1ccccc1. The zero-order valence-electron chi connectivity index (χ0n) is 11.3. The molecule has 0 bridgehead atoms. The lowest BCUT2D eigenvalue weighted by molar-refractivity contribution is -0.173. The van der Waals surface area contributed by atoms with Crippen molar-refractivity contribution in [2.75, 3.05) is 0 Å². The number of hydrogen-bond donors (Lipinski definition) is 1. The van der Waals surface area contributed by atoms with Crippen molar-refractivity contribution in [2.45, 2.75) is 46.1 Å². The molecule has 0 fully saturated rings. The van der Waals surface area contributed by atoms with Crippen LogP contribution in [0.2, 0.25) is 0 Å². The highest BCUT2D eigenvalue weighted by Crippen LogP contribution is 2.16. The van der Waals surface area contributed by atoms with Gasteiger partial charge in [-0.3, -0.25) is 10.0 Å². The van der Waals surface area contributed by atoms with Crippen molar-refractivity contribution < 1.29 is 10.0 Å². The summed E-state index contributed by atoms with van der Waals surface area (Å²) in [4.78, 5) is 12.1. The number of nitrogens with zero attached hydrogens (tertiary/aromatic N) is 1. The van der Waals surface area contributed by atoms with E-state index in [2.05, 4.69) is 6.92 Å². The molecule has 100 valence electrons. The molecule has 1 aromatic rings. The van der Waals surface area contributed by atoms with Gasteiger partial charge in [-0.25, -0.2) is 5.06 Å². The Kier molecular flexibility index (Phi) is 6.44. The molecule has 1 rings (SSSR count). The molecule has 1 unspecified atom stereocenters. The molecule has 1 atom stereocenters. The molecule has 1 amide bonds. The van der Waals surface area contributed by atoms with Gasteiger partial charge in [0.15, 0.2) is 0 Å². The molecule has 18 heavy (non-hydrogen) atoms. The Labute approximate surface area is 109 Å². The van der Waals surface area contributed by atoms with Gasteiger partial charge in [-0.1, -0.05) is 57.0 Å². The fraction of sp³-hybridized carbons (Fsp3) is 0.533. The minimum atomic E-state index is -0.158. The molecule has 0 radical (unpaired) electrons. The van der Waals surface area contributed by atoms with Crippen molar-refractivity contribution in [1.82, 2.24) is 5.06 Å². The molecule has 0 aliphatic heterocycles. The molecule has 0 aromatic heterocycles. The molecular formula is C15H23NO2. The minimum absolute atomic E-state index is 0.0568. The lowest BCUT2D eigenvalue weighted by Gasteiger charge is -2.21. The molecule has 0 aliphatic rings. The number of rotatable bonds is 7. The Morgan fingerprint density at radius 1 is 1.28 bits per heavy atom. The monoisotopic (exact) mass is 249 g/mol. The average molecular weight is 249 g/mol. The second-order valence-electron chi connectivity index (χ2n) is 4.63. The Balaban J connectivity index is 2.54. The molecule has 0 saturated heterocycles. The molecule has 0 saturated carbocycles. The number of unbranched alkanes of at least 4 members (excludes halogenated alkanes) is 1. The molecule has 3 nitrogen and oxygen atoms in total. The van der Waals surface area contributed by atoms with E-state index >= 15 is 0 Å². The summed E-state index contributed by atoms with van der Waals surface area (Å²) in [6, 6.07) is 9.54. The number of hydrogen-bond acceptors (Lipinski definition) is 2. The third-order valence-corrected chi connectivity index (χ3v) is 3.18. The van der Waals surface area contributed by atoms with Crippen LogP contribution in [0.1, 0.15) is 45.1 Å². The van der Waals surface area contributed by atoms with Crippen LogP contribution in [0.5, 0.6) is 0 Å². The normalized spacial score (nSPS) is 12.2. The molecule has 0 aliphatic carbocycles. The Hall–Kier alpha value is -1.35. The van der Waals surface area contributed by atoms with Crippen molar-refractivity contribution >= 4 is 5.91 Å². The quantitative estimate of drug-likeness (QED) is 0.592. The fourth-order valence-electron chi connectivity index (χ4n) is 2.00. The highest BCUT2D eigenvalue weighted by Gasteiger charge is 2.21. The number of benzene rings is 1. The van der Waals surface area contributed by atoms with Gasteiger partial charge in [-0.2, -0.15) is 0 Å². The maximum atomic E-state index is 12.1. The summed E-state index contributed by atoms with van der Waals surface area (Å²) in [7, 11) is 0. The van der Waals surface area contributed by atoms with E-state index in [1.807, 2.05) is 37.3 Å². The number of amides is 1. The van der Waals surface area contributed by atoms with E-state index in [1.54, 1.807) is 0 Å². The van der Waals surface area contributed by atoms with Crippen molar-refractivity contribution in [2.24, 2.45) is 5.92 Å². The van der Waals surface area contributed by atoms with Crippen molar-refractivity contribution in [3.63, 3.8) is 0 Å². The van der Waals surface area contributed by atoms with Crippen molar-refractivity contribution in [1.29, 1.82) is 0 Å². The number of hydroxylamine groups is 2. The zero-order valence-corrected chi connectivity index (χ0v) is 11.3. The van der Waals surface area contributed by atoms with Gasteiger partial charge in [0.05, 0.1) is 6.54 Å². The second-order valence-corrected chi connectivity index (χ2v) is 4.63. The number of carbonyl (C=O) groups excluding carboxylic acids is 1. The van der Waals surface area contributed by atoms with Gasteiger partial charge >= 0.3 is 0 Å². The second kappa shape index (κ2) is 7.88. The fourth-order valence-corrected chi connectivity index (χ4v) is 2.00. The van der Waals surface area contributed by atoms with Gasteiger partial charge in [0, 0.05) is 5.92 Å². The molecule has 0 spiro atoms. The first-order valence-corrected chi connectivity index (χ1v) is 6.73. The van der Waals surface area contributed by atoms with E-state index in [1.165, 1.54) is 0 Å². The van der Waals surface area contributed by atoms with Crippen LogP contribution < -0.4 is 0 Å². The molecular weight excluding hydrogens is 226 g/mol. The Bertz CT molecular complexity index is 351. The standard InChI is InChI=1S/C15H23NO2/c1-3-5-11-14(4-2)15(17)16(18)12-13-9-7-6-8-10-13/h6-10,14,18H,3-5,11-12H2,1-2H3. The van der Waals surface area contributed by atoms with E-state index < -0.39 is 0 Å². The number of carbonyl (C=O) groups is 1. The van der Waals surface area contributed by atoms with Crippen molar-refractivity contribution in [3.05, 3.63) is 35.9 Å². The summed E-state index contributed by atoms with van der Waals surface area (Å²) in [5.41, 5.74) is 0.943.